The summed E-state index contributed by atoms with van der Waals surface area (Å²) in [7, 11) is 0. The number of carbonyl (C=O) groups is 1. The molecule has 0 aliphatic carbocycles. The van der Waals surface area contributed by atoms with Crippen molar-refractivity contribution in [3.05, 3.63) is 39.4 Å². The topological polar surface area (TPSA) is 64.4 Å². The number of ether oxygens (including phenoxy) is 1. The van der Waals surface area contributed by atoms with Crippen LogP contribution >= 0.6 is 11.3 Å². The van der Waals surface area contributed by atoms with E-state index >= 15 is 0 Å². The quantitative estimate of drug-likeness (QED) is 0.871. The highest BCUT2D eigenvalue weighted by Crippen LogP contribution is 2.37. The smallest absolute Gasteiger partial charge is 0.220 e. The molecule has 3 heterocycles. The number of nitrogens with one attached hydrogen (secondary N) is 1. The van der Waals surface area contributed by atoms with Crippen LogP contribution in [0.4, 0.5) is 0 Å². The number of nitrogens with zero attached hydrogens (tertiary/aromatic N) is 1. The first kappa shape index (κ1) is 17.2. The minimum absolute atomic E-state index is 0.0190. The van der Waals surface area contributed by atoms with Crippen LogP contribution in [0.15, 0.2) is 22.0 Å². The van der Waals surface area contributed by atoms with Gasteiger partial charge in [-0.25, -0.2) is 0 Å². The maximum absolute atomic E-state index is 12.3. The Bertz CT molecular complexity index is 653. The van der Waals surface area contributed by atoms with E-state index in [0.29, 0.717) is 19.4 Å². The zero-order chi connectivity index (χ0) is 17.0. The van der Waals surface area contributed by atoms with E-state index in [0.717, 1.165) is 43.1 Å². The number of rotatable bonds is 6. The van der Waals surface area contributed by atoms with E-state index in [1.165, 1.54) is 4.88 Å². The van der Waals surface area contributed by atoms with Gasteiger partial charge < -0.3 is 14.6 Å². The Labute approximate surface area is 146 Å². The molecule has 1 amide bonds. The number of amides is 1. The Hall–Kier alpha value is -1.66. The molecule has 1 fully saturated rings. The lowest BCUT2D eigenvalue weighted by atomic mass is 9.78. The molecular weight excluding hydrogens is 324 g/mol. The summed E-state index contributed by atoms with van der Waals surface area (Å²) < 4.78 is 10.7. The van der Waals surface area contributed by atoms with Crippen LogP contribution < -0.4 is 5.32 Å². The van der Waals surface area contributed by atoms with E-state index in [-0.39, 0.29) is 11.3 Å². The van der Waals surface area contributed by atoms with Crippen molar-refractivity contribution in [2.45, 2.75) is 44.9 Å². The molecule has 1 aliphatic heterocycles. The number of hydrogen-bond acceptors (Lipinski definition) is 5. The Morgan fingerprint density at radius 1 is 1.38 bits per heavy atom. The molecule has 130 valence electrons. The van der Waals surface area contributed by atoms with Crippen molar-refractivity contribution < 1.29 is 14.1 Å². The van der Waals surface area contributed by atoms with Crippen molar-refractivity contribution in [3.63, 3.8) is 0 Å². The summed E-state index contributed by atoms with van der Waals surface area (Å²) in [5, 5.41) is 9.19. The molecule has 1 N–H and O–H groups in total. The minimum atomic E-state index is 0.0190. The number of thiophene rings is 1. The molecule has 6 heteroatoms. The molecule has 2 aromatic rings. The van der Waals surface area contributed by atoms with Gasteiger partial charge in [-0.3, -0.25) is 4.79 Å². The number of aromatic nitrogens is 1. The van der Waals surface area contributed by atoms with Gasteiger partial charge in [-0.2, -0.15) is 0 Å². The van der Waals surface area contributed by atoms with E-state index in [9.17, 15) is 4.79 Å². The van der Waals surface area contributed by atoms with E-state index in [1.54, 1.807) is 11.3 Å². The Kier molecular flexibility index (Phi) is 5.36. The molecule has 0 bridgehead atoms. The molecule has 1 aliphatic rings. The molecule has 5 nitrogen and oxygen atoms in total. The summed E-state index contributed by atoms with van der Waals surface area (Å²) in [5.74, 6) is 0.886. The van der Waals surface area contributed by atoms with Crippen molar-refractivity contribution in [2.75, 3.05) is 19.8 Å². The normalized spacial score (nSPS) is 16.9. The second-order valence-electron chi connectivity index (χ2n) is 6.45. The third-order valence-electron chi connectivity index (χ3n) is 4.90. The molecule has 0 aromatic carbocycles. The summed E-state index contributed by atoms with van der Waals surface area (Å²) in [6.45, 7) is 6.00. The van der Waals surface area contributed by atoms with Gasteiger partial charge in [-0.1, -0.05) is 11.2 Å². The van der Waals surface area contributed by atoms with Crippen LogP contribution in [0.3, 0.4) is 0 Å². The van der Waals surface area contributed by atoms with E-state index in [1.807, 2.05) is 13.8 Å². The van der Waals surface area contributed by atoms with E-state index in [4.69, 9.17) is 9.26 Å². The van der Waals surface area contributed by atoms with Crippen molar-refractivity contribution >= 4 is 17.2 Å². The van der Waals surface area contributed by atoms with Crippen LogP contribution in [0.25, 0.3) is 0 Å². The van der Waals surface area contributed by atoms with Gasteiger partial charge in [0.25, 0.3) is 0 Å². The van der Waals surface area contributed by atoms with Gasteiger partial charge in [0.2, 0.25) is 5.91 Å². The van der Waals surface area contributed by atoms with Crippen molar-refractivity contribution in [3.8, 4) is 0 Å². The highest BCUT2D eigenvalue weighted by atomic mass is 32.1. The summed E-state index contributed by atoms with van der Waals surface area (Å²) >= 11 is 1.77. The van der Waals surface area contributed by atoms with Crippen molar-refractivity contribution in [2.24, 2.45) is 0 Å². The molecule has 0 saturated carbocycles. The Morgan fingerprint density at radius 3 is 2.79 bits per heavy atom. The average molecular weight is 348 g/mol. The van der Waals surface area contributed by atoms with Gasteiger partial charge in [0.05, 0.1) is 5.69 Å². The highest BCUT2D eigenvalue weighted by molar-refractivity contribution is 7.10. The molecule has 0 radical (unpaired) electrons. The largest absolute Gasteiger partial charge is 0.381 e. The molecule has 0 atom stereocenters. The highest BCUT2D eigenvalue weighted by Gasteiger charge is 2.35. The predicted octanol–water partition coefficient (Wildman–Crippen LogP) is 3.15. The SMILES string of the molecule is Cc1noc(C)c1CCC(=O)NCC1(c2cccs2)CCOCC1. The Balaban J connectivity index is 1.58. The molecule has 0 unspecified atom stereocenters. The standard InChI is InChI=1S/C18H24N2O3S/c1-13-15(14(2)23-20-13)5-6-17(21)19-12-18(7-9-22-10-8-18)16-4-3-11-24-16/h3-4,11H,5-10,12H2,1-2H3,(H,19,21). The second-order valence-corrected chi connectivity index (χ2v) is 7.40. The number of aryl methyl sites for hydroxylation is 2. The first-order chi connectivity index (χ1) is 11.6. The molecule has 24 heavy (non-hydrogen) atoms. The third kappa shape index (κ3) is 3.70. The predicted molar refractivity (Wildman–Crippen MR) is 93.4 cm³/mol. The van der Waals surface area contributed by atoms with Crippen molar-refractivity contribution in [1.29, 1.82) is 0 Å². The first-order valence-electron chi connectivity index (χ1n) is 8.41. The summed E-state index contributed by atoms with van der Waals surface area (Å²) in [6, 6.07) is 4.25. The molecule has 3 rings (SSSR count). The summed E-state index contributed by atoms with van der Waals surface area (Å²) in [5.41, 5.74) is 1.94. The lowest BCUT2D eigenvalue weighted by molar-refractivity contribution is -0.121. The van der Waals surface area contributed by atoms with Gasteiger partial charge in [0, 0.05) is 42.0 Å². The number of hydrogen-bond donors (Lipinski definition) is 1. The van der Waals surface area contributed by atoms with Gasteiger partial charge in [0.1, 0.15) is 5.76 Å². The molecular formula is C18H24N2O3S. The monoisotopic (exact) mass is 348 g/mol. The van der Waals surface area contributed by atoms with Crippen LogP contribution in [-0.2, 0) is 21.4 Å². The van der Waals surface area contributed by atoms with Crippen LogP contribution in [0, 0.1) is 13.8 Å². The van der Waals surface area contributed by atoms with Gasteiger partial charge in [-0.05, 0) is 44.6 Å². The molecule has 0 spiro atoms. The summed E-state index contributed by atoms with van der Waals surface area (Å²) in [6.07, 6.45) is 3.04. The maximum atomic E-state index is 12.3. The van der Waals surface area contributed by atoms with E-state index in [2.05, 4.69) is 28.0 Å². The average Bonchev–Trinajstić information content (AvgIpc) is 3.23. The minimum Gasteiger partial charge on any atom is -0.381 e. The fraction of sp³-hybridized carbons (Fsp3) is 0.556. The van der Waals surface area contributed by atoms with Crippen LogP contribution in [0.1, 0.15) is 41.2 Å². The van der Waals surface area contributed by atoms with Gasteiger partial charge in [-0.15, -0.1) is 11.3 Å². The fourth-order valence-corrected chi connectivity index (χ4v) is 4.29. The van der Waals surface area contributed by atoms with Crippen LogP contribution in [0.5, 0.6) is 0 Å². The lowest BCUT2D eigenvalue weighted by Crippen LogP contribution is -2.44. The van der Waals surface area contributed by atoms with E-state index < -0.39 is 0 Å². The zero-order valence-electron chi connectivity index (χ0n) is 14.3. The lowest BCUT2D eigenvalue weighted by Gasteiger charge is -2.36. The third-order valence-corrected chi connectivity index (χ3v) is 6.02. The zero-order valence-corrected chi connectivity index (χ0v) is 15.1. The maximum Gasteiger partial charge on any atom is 0.220 e. The second kappa shape index (κ2) is 7.49. The Morgan fingerprint density at radius 2 is 2.17 bits per heavy atom. The summed E-state index contributed by atoms with van der Waals surface area (Å²) in [4.78, 5) is 13.7. The first-order valence-corrected chi connectivity index (χ1v) is 9.29. The number of carbonyl (C=O) groups excluding carboxylic acids is 1. The van der Waals surface area contributed by atoms with Gasteiger partial charge in [0.15, 0.2) is 0 Å². The van der Waals surface area contributed by atoms with Gasteiger partial charge >= 0.3 is 0 Å². The fourth-order valence-electron chi connectivity index (χ4n) is 3.31. The molecule has 1 saturated heterocycles. The molecule has 2 aromatic heterocycles. The van der Waals surface area contributed by atoms with Crippen molar-refractivity contribution in [1.82, 2.24) is 10.5 Å². The van der Waals surface area contributed by atoms with Crippen LogP contribution in [-0.4, -0.2) is 30.8 Å². The van der Waals surface area contributed by atoms with Crippen LogP contribution in [0.2, 0.25) is 0 Å².